The van der Waals surface area contributed by atoms with Crippen LogP contribution < -0.4 is 5.56 Å². The SMILES string of the molecule is Cc1noc(C)c1-c1ccc2[nH]c(=O)c(S(=O)(=O)N3CCOCC3)c(-c3cccnc3)c2c1. The third-order valence-electron chi connectivity index (χ3n) is 5.81. The maximum Gasteiger partial charge on any atom is 0.269 e. The second-order valence-corrected chi connectivity index (χ2v) is 9.75. The average molecular weight is 467 g/mol. The van der Waals surface area contributed by atoms with Crippen LogP contribution in [0.3, 0.4) is 0 Å². The second-order valence-electron chi connectivity index (χ2n) is 7.88. The van der Waals surface area contributed by atoms with Gasteiger partial charge >= 0.3 is 0 Å². The molecule has 3 aromatic heterocycles. The molecule has 1 aromatic carbocycles. The van der Waals surface area contributed by atoms with Gasteiger partial charge in [-0.1, -0.05) is 17.3 Å². The zero-order valence-corrected chi connectivity index (χ0v) is 19.0. The van der Waals surface area contributed by atoms with E-state index in [1.807, 2.05) is 26.0 Å². The highest BCUT2D eigenvalue weighted by Crippen LogP contribution is 2.36. The van der Waals surface area contributed by atoms with Crippen molar-refractivity contribution >= 4 is 20.9 Å². The molecule has 0 atom stereocenters. The van der Waals surface area contributed by atoms with E-state index in [0.717, 1.165) is 16.8 Å². The van der Waals surface area contributed by atoms with Crippen LogP contribution in [0.1, 0.15) is 11.5 Å². The predicted molar refractivity (Wildman–Crippen MR) is 122 cm³/mol. The van der Waals surface area contributed by atoms with E-state index in [1.54, 1.807) is 30.6 Å². The molecule has 0 radical (unpaired) electrons. The number of benzene rings is 1. The largest absolute Gasteiger partial charge is 0.379 e. The first-order valence-corrected chi connectivity index (χ1v) is 11.9. The lowest BCUT2D eigenvalue weighted by Crippen LogP contribution is -2.42. The molecule has 1 fully saturated rings. The summed E-state index contributed by atoms with van der Waals surface area (Å²) < 4.78 is 39.3. The number of aromatic amines is 1. The minimum absolute atomic E-state index is 0.186. The molecular formula is C23H22N4O5S. The van der Waals surface area contributed by atoms with Crippen molar-refractivity contribution in [3.05, 3.63) is 64.5 Å². The van der Waals surface area contributed by atoms with Crippen molar-refractivity contribution in [1.82, 2.24) is 19.4 Å². The molecule has 4 aromatic rings. The molecule has 1 N–H and O–H groups in total. The van der Waals surface area contributed by atoms with Crippen molar-refractivity contribution in [2.24, 2.45) is 0 Å². The number of aromatic nitrogens is 3. The number of hydrogen-bond donors (Lipinski definition) is 1. The van der Waals surface area contributed by atoms with Gasteiger partial charge in [0.05, 0.1) is 18.9 Å². The normalized spacial score (nSPS) is 15.2. The van der Waals surface area contributed by atoms with Crippen LogP contribution in [0.4, 0.5) is 0 Å². The fourth-order valence-corrected chi connectivity index (χ4v) is 5.94. The highest BCUT2D eigenvalue weighted by atomic mass is 32.2. The van der Waals surface area contributed by atoms with Crippen molar-refractivity contribution in [3.63, 3.8) is 0 Å². The number of rotatable bonds is 4. The summed E-state index contributed by atoms with van der Waals surface area (Å²) in [6.45, 7) is 4.60. The summed E-state index contributed by atoms with van der Waals surface area (Å²) in [5.41, 5.74) is 3.08. The van der Waals surface area contributed by atoms with E-state index in [0.29, 0.717) is 27.8 Å². The van der Waals surface area contributed by atoms with Crippen LogP contribution >= 0.6 is 0 Å². The Bertz CT molecular complexity index is 1480. The molecule has 1 saturated heterocycles. The van der Waals surface area contributed by atoms with Gasteiger partial charge in [-0.2, -0.15) is 4.31 Å². The highest BCUT2D eigenvalue weighted by Gasteiger charge is 2.33. The average Bonchev–Trinajstić information content (AvgIpc) is 3.16. The standard InChI is InChI=1S/C23H22N4O5S/c1-14-20(15(2)32-26-14)16-5-6-19-18(12-16)21(17-4-3-7-24-13-17)22(23(28)25-19)33(29,30)27-8-10-31-11-9-27/h3-7,12-13H,8-11H2,1-2H3,(H,25,28). The topological polar surface area (TPSA) is 118 Å². The van der Waals surface area contributed by atoms with Gasteiger partial charge in [-0.3, -0.25) is 9.78 Å². The Morgan fingerprint density at radius 2 is 1.85 bits per heavy atom. The third kappa shape index (κ3) is 3.65. The molecule has 0 unspecified atom stereocenters. The summed E-state index contributed by atoms with van der Waals surface area (Å²) in [5.74, 6) is 0.653. The Labute approximate surface area is 190 Å². The summed E-state index contributed by atoms with van der Waals surface area (Å²) in [6.07, 6.45) is 3.17. The number of ether oxygens (including phenoxy) is 1. The maximum atomic E-state index is 13.7. The lowest BCUT2D eigenvalue weighted by Gasteiger charge is -2.27. The molecule has 1 aliphatic rings. The molecule has 1 aliphatic heterocycles. The van der Waals surface area contributed by atoms with E-state index < -0.39 is 15.6 Å². The molecule has 0 amide bonds. The predicted octanol–water partition coefficient (Wildman–Crippen LogP) is 2.88. The molecule has 0 aliphatic carbocycles. The van der Waals surface area contributed by atoms with Crippen molar-refractivity contribution in [2.75, 3.05) is 26.3 Å². The van der Waals surface area contributed by atoms with Crippen LogP contribution in [-0.2, 0) is 14.8 Å². The molecule has 0 saturated carbocycles. The van der Waals surface area contributed by atoms with Gasteiger partial charge < -0.3 is 14.2 Å². The first kappa shape index (κ1) is 21.5. The summed E-state index contributed by atoms with van der Waals surface area (Å²) in [7, 11) is -4.10. The van der Waals surface area contributed by atoms with Crippen LogP contribution in [-0.4, -0.2) is 54.2 Å². The number of morpholine rings is 1. The zero-order chi connectivity index (χ0) is 23.2. The van der Waals surface area contributed by atoms with Crippen molar-refractivity contribution < 1.29 is 17.7 Å². The minimum atomic E-state index is -4.10. The number of pyridine rings is 2. The molecule has 0 bridgehead atoms. The van der Waals surface area contributed by atoms with Gasteiger partial charge in [0.1, 0.15) is 5.76 Å². The van der Waals surface area contributed by atoms with Gasteiger partial charge in [0.15, 0.2) is 4.90 Å². The van der Waals surface area contributed by atoms with E-state index in [9.17, 15) is 13.2 Å². The van der Waals surface area contributed by atoms with E-state index in [-0.39, 0.29) is 31.2 Å². The first-order valence-electron chi connectivity index (χ1n) is 10.5. The number of nitrogens with zero attached hydrogens (tertiary/aromatic N) is 3. The number of nitrogens with one attached hydrogen (secondary N) is 1. The van der Waals surface area contributed by atoms with E-state index in [4.69, 9.17) is 9.26 Å². The zero-order valence-electron chi connectivity index (χ0n) is 18.2. The molecule has 10 heteroatoms. The molecule has 33 heavy (non-hydrogen) atoms. The van der Waals surface area contributed by atoms with Gasteiger partial charge in [-0.05, 0) is 37.6 Å². The van der Waals surface area contributed by atoms with Crippen LogP contribution in [0.15, 0.2) is 56.9 Å². The Hall–Kier alpha value is -3.34. The number of H-pyrrole nitrogens is 1. The summed E-state index contributed by atoms with van der Waals surface area (Å²) in [4.78, 5) is 19.8. The number of fused-ring (bicyclic) bond motifs is 1. The van der Waals surface area contributed by atoms with Crippen LogP contribution in [0, 0.1) is 13.8 Å². The fourth-order valence-electron chi connectivity index (χ4n) is 4.29. The van der Waals surface area contributed by atoms with Crippen LogP contribution in [0.5, 0.6) is 0 Å². The summed E-state index contributed by atoms with van der Waals surface area (Å²) >= 11 is 0. The van der Waals surface area contributed by atoms with Gasteiger partial charge in [0.2, 0.25) is 10.0 Å². The van der Waals surface area contributed by atoms with Crippen LogP contribution in [0.2, 0.25) is 0 Å². The van der Waals surface area contributed by atoms with Crippen molar-refractivity contribution in [3.8, 4) is 22.3 Å². The van der Waals surface area contributed by atoms with Crippen molar-refractivity contribution in [2.45, 2.75) is 18.7 Å². The molecular weight excluding hydrogens is 444 g/mol. The number of aryl methyl sites for hydroxylation is 2. The lowest BCUT2D eigenvalue weighted by atomic mass is 9.97. The summed E-state index contributed by atoms with van der Waals surface area (Å²) in [6, 6.07) is 8.95. The highest BCUT2D eigenvalue weighted by molar-refractivity contribution is 7.89. The Morgan fingerprint density at radius 1 is 1.06 bits per heavy atom. The van der Waals surface area contributed by atoms with Gasteiger partial charge in [-0.15, -0.1) is 0 Å². The van der Waals surface area contributed by atoms with Crippen molar-refractivity contribution in [1.29, 1.82) is 0 Å². The van der Waals surface area contributed by atoms with Gasteiger partial charge in [0, 0.05) is 53.1 Å². The smallest absolute Gasteiger partial charge is 0.269 e. The quantitative estimate of drug-likeness (QED) is 0.491. The Morgan fingerprint density at radius 3 is 2.52 bits per heavy atom. The lowest BCUT2D eigenvalue weighted by molar-refractivity contribution is 0.0730. The van der Waals surface area contributed by atoms with E-state index >= 15 is 0 Å². The Balaban J connectivity index is 1.85. The molecule has 5 rings (SSSR count). The number of hydrogen-bond acceptors (Lipinski definition) is 7. The second kappa shape index (κ2) is 8.22. The maximum absolute atomic E-state index is 13.7. The molecule has 9 nitrogen and oxygen atoms in total. The monoisotopic (exact) mass is 466 g/mol. The molecule has 170 valence electrons. The van der Waals surface area contributed by atoms with Crippen LogP contribution in [0.25, 0.3) is 33.2 Å². The third-order valence-corrected chi connectivity index (χ3v) is 7.76. The van der Waals surface area contributed by atoms with Gasteiger partial charge in [-0.25, -0.2) is 8.42 Å². The van der Waals surface area contributed by atoms with Gasteiger partial charge in [0.25, 0.3) is 5.56 Å². The van der Waals surface area contributed by atoms with E-state index in [1.165, 1.54) is 4.31 Å². The van der Waals surface area contributed by atoms with E-state index in [2.05, 4.69) is 15.1 Å². The first-order chi connectivity index (χ1) is 15.9. The molecule has 0 spiro atoms. The summed E-state index contributed by atoms with van der Waals surface area (Å²) in [5, 5.41) is 4.62. The fraction of sp³-hybridized carbons (Fsp3) is 0.261. The minimum Gasteiger partial charge on any atom is -0.379 e. The Kier molecular flexibility index (Phi) is 5.35. The number of sulfonamides is 1. The molecule has 4 heterocycles.